The number of nitrogens with one attached hydrogen (secondary N) is 1. The minimum absolute atomic E-state index is 0.275. The van der Waals surface area contributed by atoms with Gasteiger partial charge in [-0.2, -0.15) is 9.40 Å². The molecule has 0 aliphatic rings. The average molecular weight is 302 g/mol. The summed E-state index contributed by atoms with van der Waals surface area (Å²) in [6.07, 6.45) is 3.04. The lowest BCUT2D eigenvalue weighted by atomic mass is 10.2. The number of nitrogens with zero attached hydrogens (tertiary/aromatic N) is 3. The van der Waals surface area contributed by atoms with Crippen molar-refractivity contribution < 1.29 is 8.42 Å². The zero-order valence-corrected chi connectivity index (χ0v) is 13.7. The number of likely N-dealkylation sites (N-methyl/N-ethyl adjacent to an activating group) is 1. The van der Waals surface area contributed by atoms with E-state index in [1.807, 2.05) is 27.7 Å². The molecule has 0 saturated carbocycles. The first kappa shape index (κ1) is 17.1. The number of sulfonamides is 1. The van der Waals surface area contributed by atoms with E-state index in [1.54, 1.807) is 10.9 Å². The molecule has 1 rings (SSSR count). The SMILES string of the molecule is CCNCCn1cc(S(=O)(=O)N(CC)CC(C)C)cn1. The maximum Gasteiger partial charge on any atom is 0.246 e. The van der Waals surface area contributed by atoms with Gasteiger partial charge in [0.1, 0.15) is 4.90 Å². The fourth-order valence-corrected chi connectivity index (χ4v) is 3.49. The molecule has 0 fully saturated rings. The summed E-state index contributed by atoms with van der Waals surface area (Å²) >= 11 is 0. The summed E-state index contributed by atoms with van der Waals surface area (Å²) in [5.41, 5.74) is 0. The van der Waals surface area contributed by atoms with Crippen molar-refractivity contribution in [3.63, 3.8) is 0 Å². The fourth-order valence-electron chi connectivity index (χ4n) is 1.92. The average Bonchev–Trinajstić information content (AvgIpc) is 2.85. The lowest BCUT2D eigenvalue weighted by molar-refractivity contribution is 0.381. The van der Waals surface area contributed by atoms with Gasteiger partial charge in [0.15, 0.2) is 0 Å². The standard InChI is InChI=1S/C13H26N4O2S/c1-5-14-7-8-16-11-13(9-15-16)20(18,19)17(6-2)10-12(3)4/h9,11-12,14H,5-8,10H2,1-4H3. The molecule has 0 amide bonds. The Bertz CT molecular complexity index is 496. The number of rotatable bonds is 9. The lowest BCUT2D eigenvalue weighted by Gasteiger charge is -2.21. The van der Waals surface area contributed by atoms with Crippen molar-refractivity contribution in [2.24, 2.45) is 5.92 Å². The summed E-state index contributed by atoms with van der Waals surface area (Å²) in [5.74, 6) is 0.300. The van der Waals surface area contributed by atoms with Gasteiger partial charge in [-0.3, -0.25) is 4.68 Å². The van der Waals surface area contributed by atoms with E-state index in [0.29, 0.717) is 25.6 Å². The topological polar surface area (TPSA) is 67.2 Å². The van der Waals surface area contributed by atoms with Crippen LogP contribution in [0.2, 0.25) is 0 Å². The van der Waals surface area contributed by atoms with Crippen LogP contribution in [0.4, 0.5) is 0 Å². The molecule has 0 aliphatic carbocycles. The van der Waals surface area contributed by atoms with Crippen LogP contribution in [0.3, 0.4) is 0 Å². The largest absolute Gasteiger partial charge is 0.315 e. The van der Waals surface area contributed by atoms with E-state index < -0.39 is 10.0 Å². The van der Waals surface area contributed by atoms with Crippen molar-refractivity contribution in [3.8, 4) is 0 Å². The molecule has 1 aromatic rings. The molecule has 0 unspecified atom stereocenters. The minimum Gasteiger partial charge on any atom is -0.315 e. The molecule has 7 heteroatoms. The van der Waals surface area contributed by atoms with Crippen molar-refractivity contribution in [2.75, 3.05) is 26.2 Å². The maximum absolute atomic E-state index is 12.5. The predicted molar refractivity (Wildman–Crippen MR) is 80.0 cm³/mol. The van der Waals surface area contributed by atoms with Crippen LogP contribution < -0.4 is 5.32 Å². The normalized spacial score (nSPS) is 12.5. The quantitative estimate of drug-likeness (QED) is 0.695. The predicted octanol–water partition coefficient (Wildman–Crippen LogP) is 1.16. The first-order chi connectivity index (χ1) is 9.41. The molecule has 0 atom stereocenters. The summed E-state index contributed by atoms with van der Waals surface area (Å²) in [7, 11) is -3.43. The molecule has 6 nitrogen and oxygen atoms in total. The minimum atomic E-state index is -3.43. The van der Waals surface area contributed by atoms with Crippen LogP contribution in [0.25, 0.3) is 0 Å². The van der Waals surface area contributed by atoms with Gasteiger partial charge in [0.25, 0.3) is 0 Å². The molecule has 1 N–H and O–H groups in total. The first-order valence-corrected chi connectivity index (χ1v) is 8.59. The van der Waals surface area contributed by atoms with Crippen molar-refractivity contribution in [1.29, 1.82) is 0 Å². The van der Waals surface area contributed by atoms with Gasteiger partial charge in [-0.25, -0.2) is 8.42 Å². The Morgan fingerprint density at radius 3 is 2.65 bits per heavy atom. The zero-order valence-electron chi connectivity index (χ0n) is 12.8. The maximum atomic E-state index is 12.5. The number of hydrogen-bond acceptors (Lipinski definition) is 4. The summed E-state index contributed by atoms with van der Waals surface area (Å²) in [4.78, 5) is 0.275. The molecule has 0 aliphatic heterocycles. The Kier molecular flexibility index (Phi) is 6.64. The second-order valence-electron chi connectivity index (χ2n) is 5.14. The van der Waals surface area contributed by atoms with Crippen molar-refractivity contribution >= 4 is 10.0 Å². The van der Waals surface area contributed by atoms with Gasteiger partial charge in [0.2, 0.25) is 10.0 Å². The summed E-state index contributed by atoms with van der Waals surface area (Å²) < 4.78 is 28.2. The van der Waals surface area contributed by atoms with Gasteiger partial charge in [-0.15, -0.1) is 0 Å². The summed E-state index contributed by atoms with van der Waals surface area (Å²) in [5, 5.41) is 7.31. The van der Waals surface area contributed by atoms with Gasteiger partial charge in [0.05, 0.1) is 12.7 Å². The molecule has 0 spiro atoms. The highest BCUT2D eigenvalue weighted by atomic mass is 32.2. The van der Waals surface area contributed by atoms with E-state index in [2.05, 4.69) is 10.4 Å². The molecule has 0 aromatic carbocycles. The van der Waals surface area contributed by atoms with Crippen LogP contribution in [0, 0.1) is 5.92 Å². The molecular formula is C13H26N4O2S. The van der Waals surface area contributed by atoms with Crippen molar-refractivity contribution in [2.45, 2.75) is 39.1 Å². The molecular weight excluding hydrogens is 276 g/mol. The van der Waals surface area contributed by atoms with Crippen molar-refractivity contribution in [1.82, 2.24) is 19.4 Å². The van der Waals surface area contributed by atoms with E-state index in [4.69, 9.17) is 0 Å². The molecule has 0 saturated heterocycles. The number of aromatic nitrogens is 2. The van der Waals surface area contributed by atoms with Gasteiger partial charge >= 0.3 is 0 Å². The van der Waals surface area contributed by atoms with E-state index in [1.165, 1.54) is 10.5 Å². The smallest absolute Gasteiger partial charge is 0.246 e. The molecule has 20 heavy (non-hydrogen) atoms. The third-order valence-corrected chi connectivity index (χ3v) is 4.83. The molecule has 1 heterocycles. The Hall–Kier alpha value is -0.920. The highest BCUT2D eigenvalue weighted by molar-refractivity contribution is 7.89. The van der Waals surface area contributed by atoms with Gasteiger partial charge in [-0.05, 0) is 12.5 Å². The van der Waals surface area contributed by atoms with Crippen LogP contribution in [0.1, 0.15) is 27.7 Å². The van der Waals surface area contributed by atoms with E-state index in [9.17, 15) is 8.42 Å². The van der Waals surface area contributed by atoms with Crippen LogP contribution >= 0.6 is 0 Å². The Morgan fingerprint density at radius 2 is 2.10 bits per heavy atom. The zero-order chi connectivity index (χ0) is 15.2. The summed E-state index contributed by atoms with van der Waals surface area (Å²) in [6, 6.07) is 0. The Morgan fingerprint density at radius 1 is 1.40 bits per heavy atom. The second-order valence-corrected chi connectivity index (χ2v) is 7.08. The van der Waals surface area contributed by atoms with E-state index in [-0.39, 0.29) is 4.90 Å². The van der Waals surface area contributed by atoms with Crippen molar-refractivity contribution in [3.05, 3.63) is 12.4 Å². The molecule has 0 bridgehead atoms. The number of hydrogen-bond donors (Lipinski definition) is 1. The Labute approximate surface area is 122 Å². The highest BCUT2D eigenvalue weighted by Gasteiger charge is 2.25. The third-order valence-electron chi connectivity index (χ3n) is 2.94. The van der Waals surface area contributed by atoms with Gasteiger partial charge in [-0.1, -0.05) is 27.7 Å². The van der Waals surface area contributed by atoms with E-state index >= 15 is 0 Å². The van der Waals surface area contributed by atoms with Gasteiger partial charge < -0.3 is 5.32 Å². The first-order valence-electron chi connectivity index (χ1n) is 7.15. The fraction of sp³-hybridized carbons (Fsp3) is 0.769. The monoisotopic (exact) mass is 302 g/mol. The second kappa shape index (κ2) is 7.75. The van der Waals surface area contributed by atoms with Crippen LogP contribution in [0.5, 0.6) is 0 Å². The van der Waals surface area contributed by atoms with Crippen LogP contribution in [0.15, 0.2) is 17.3 Å². The highest BCUT2D eigenvalue weighted by Crippen LogP contribution is 2.16. The van der Waals surface area contributed by atoms with Gasteiger partial charge in [0, 0.05) is 25.8 Å². The van der Waals surface area contributed by atoms with Crippen LogP contribution in [-0.2, 0) is 16.6 Å². The Balaban J connectivity index is 2.81. The molecule has 116 valence electrons. The molecule has 1 aromatic heterocycles. The molecule has 0 radical (unpaired) electrons. The summed E-state index contributed by atoms with van der Waals surface area (Å²) in [6.45, 7) is 11.3. The third kappa shape index (κ3) is 4.57. The van der Waals surface area contributed by atoms with Crippen LogP contribution in [-0.4, -0.2) is 48.7 Å². The lowest BCUT2D eigenvalue weighted by Crippen LogP contribution is -2.33. The van der Waals surface area contributed by atoms with E-state index in [0.717, 1.165) is 13.1 Å².